The molecule has 0 fully saturated rings. The van der Waals surface area contributed by atoms with Crippen molar-refractivity contribution in [2.45, 2.75) is 0 Å². The van der Waals surface area contributed by atoms with Crippen LogP contribution in [0.3, 0.4) is 0 Å². The minimum absolute atomic E-state index is 0.963. The molecule has 0 radical (unpaired) electrons. The molecule has 0 saturated heterocycles. The Hall–Kier alpha value is -3.78. The van der Waals surface area contributed by atoms with Gasteiger partial charge in [-0.05, 0) is 46.5 Å². The monoisotopic (exact) mass is 357 g/mol. The zero-order chi connectivity index (χ0) is 18.2. The molecule has 0 aliphatic rings. The lowest BCUT2D eigenvalue weighted by Crippen LogP contribution is -1.73. The Balaban J connectivity index is 1.73. The van der Waals surface area contributed by atoms with Crippen LogP contribution in [0.15, 0.2) is 89.3 Å². The Morgan fingerprint density at radius 3 is 2.11 bits per heavy atom. The summed E-state index contributed by atoms with van der Waals surface area (Å²) in [6.45, 7) is 0. The fourth-order valence-electron chi connectivity index (χ4n) is 4.64. The molecule has 5 aromatic carbocycles. The van der Waals surface area contributed by atoms with Gasteiger partial charge in [-0.2, -0.15) is 0 Å². The molecule has 2 heterocycles. The Labute approximate surface area is 160 Å². The van der Waals surface area contributed by atoms with Crippen LogP contribution in [-0.4, -0.2) is 4.98 Å². The second kappa shape index (κ2) is 4.93. The molecule has 7 rings (SSSR count). The molecule has 130 valence electrons. The second-order valence-electron chi connectivity index (χ2n) is 7.50. The zero-order valence-corrected chi connectivity index (χ0v) is 15.0. The summed E-state index contributed by atoms with van der Waals surface area (Å²) in [6.07, 6.45) is 0. The van der Waals surface area contributed by atoms with E-state index in [9.17, 15) is 0 Å². The largest absolute Gasteiger partial charge is 0.455 e. The summed E-state index contributed by atoms with van der Waals surface area (Å²) in [6, 6.07) is 30.1. The lowest BCUT2D eigenvalue weighted by Gasteiger charge is -1.98. The predicted octanol–water partition coefficient (Wildman–Crippen LogP) is 7.53. The minimum atomic E-state index is 0.963. The third-order valence-electron chi connectivity index (χ3n) is 5.96. The van der Waals surface area contributed by atoms with Crippen LogP contribution >= 0.6 is 0 Å². The summed E-state index contributed by atoms with van der Waals surface area (Å²) in [4.78, 5) is 3.58. The normalized spacial score (nSPS) is 12.3. The lowest BCUT2D eigenvalue weighted by atomic mass is 10.0. The number of rotatable bonds is 0. The quantitative estimate of drug-likeness (QED) is 0.299. The Morgan fingerprint density at radius 2 is 1.21 bits per heavy atom. The summed E-state index contributed by atoms with van der Waals surface area (Å²) >= 11 is 0. The van der Waals surface area contributed by atoms with Crippen LogP contribution in [0.5, 0.6) is 0 Å². The topological polar surface area (TPSA) is 28.9 Å². The third-order valence-corrected chi connectivity index (χ3v) is 5.96. The van der Waals surface area contributed by atoms with E-state index in [1.165, 1.54) is 37.7 Å². The van der Waals surface area contributed by atoms with E-state index in [0.29, 0.717) is 0 Å². The van der Waals surface area contributed by atoms with Crippen molar-refractivity contribution in [3.63, 3.8) is 0 Å². The maximum Gasteiger partial charge on any atom is 0.145 e. The van der Waals surface area contributed by atoms with Gasteiger partial charge in [0.05, 0.1) is 10.9 Å². The van der Waals surface area contributed by atoms with Crippen LogP contribution in [0.1, 0.15) is 0 Å². The van der Waals surface area contributed by atoms with Gasteiger partial charge >= 0.3 is 0 Å². The SMILES string of the molecule is c1ccc2cc3c(cc2c1)[nH]c1ccc2c4ccc5ccccc5c4oc2c13. The molecule has 0 saturated carbocycles. The summed E-state index contributed by atoms with van der Waals surface area (Å²) in [5, 5.41) is 9.57. The number of hydrogen-bond donors (Lipinski definition) is 1. The lowest BCUT2D eigenvalue weighted by molar-refractivity contribution is 0.677. The van der Waals surface area contributed by atoms with Crippen LogP contribution in [0, 0.1) is 0 Å². The molecule has 2 nitrogen and oxygen atoms in total. The van der Waals surface area contributed by atoms with Crippen LogP contribution in [0.4, 0.5) is 0 Å². The molecule has 0 aliphatic carbocycles. The number of nitrogens with one attached hydrogen (secondary N) is 1. The van der Waals surface area contributed by atoms with E-state index in [4.69, 9.17) is 4.42 Å². The highest BCUT2D eigenvalue weighted by Gasteiger charge is 2.16. The van der Waals surface area contributed by atoms with E-state index in [-0.39, 0.29) is 0 Å². The smallest absolute Gasteiger partial charge is 0.145 e. The van der Waals surface area contributed by atoms with Crippen LogP contribution in [0.25, 0.3) is 65.3 Å². The van der Waals surface area contributed by atoms with Gasteiger partial charge in [-0.3, -0.25) is 0 Å². The highest BCUT2D eigenvalue weighted by molar-refractivity contribution is 6.26. The molecule has 0 amide bonds. The number of fused-ring (bicyclic) bond motifs is 10. The fourth-order valence-corrected chi connectivity index (χ4v) is 4.64. The first-order chi connectivity index (χ1) is 13.9. The standard InChI is InChI=1S/C26H15NO/c1-2-7-17-14-23-21(13-16(17)6-1)24-22(27-23)12-11-20-19-10-9-15-5-3-4-8-18(15)25(19)28-26(20)24/h1-14,27H. The van der Waals surface area contributed by atoms with Crippen molar-refractivity contribution in [3.05, 3.63) is 84.9 Å². The summed E-state index contributed by atoms with van der Waals surface area (Å²) in [5.74, 6) is 0. The molecule has 1 N–H and O–H groups in total. The second-order valence-corrected chi connectivity index (χ2v) is 7.50. The molecule has 7 aromatic rings. The van der Waals surface area contributed by atoms with Gasteiger partial charge in [0, 0.05) is 27.1 Å². The minimum Gasteiger partial charge on any atom is -0.455 e. The van der Waals surface area contributed by atoms with Gasteiger partial charge in [-0.1, -0.05) is 54.6 Å². The van der Waals surface area contributed by atoms with Crippen molar-refractivity contribution in [1.29, 1.82) is 0 Å². The maximum atomic E-state index is 6.54. The van der Waals surface area contributed by atoms with Gasteiger partial charge in [0.2, 0.25) is 0 Å². The van der Waals surface area contributed by atoms with E-state index in [1.807, 2.05) is 0 Å². The molecule has 0 aliphatic heterocycles. The third kappa shape index (κ3) is 1.72. The van der Waals surface area contributed by atoms with Crippen molar-refractivity contribution in [3.8, 4) is 0 Å². The van der Waals surface area contributed by atoms with Gasteiger partial charge in [-0.15, -0.1) is 0 Å². The molecule has 0 bridgehead atoms. The molecular formula is C26H15NO. The molecule has 2 aromatic heterocycles. The van der Waals surface area contributed by atoms with Gasteiger partial charge in [-0.25, -0.2) is 0 Å². The molecule has 2 heteroatoms. The Kier molecular flexibility index (Phi) is 2.52. The number of benzene rings is 5. The number of hydrogen-bond acceptors (Lipinski definition) is 1. The van der Waals surface area contributed by atoms with Crippen LogP contribution in [0.2, 0.25) is 0 Å². The first kappa shape index (κ1) is 14.3. The highest BCUT2D eigenvalue weighted by atomic mass is 16.3. The van der Waals surface area contributed by atoms with E-state index >= 15 is 0 Å². The first-order valence-electron chi connectivity index (χ1n) is 9.54. The average Bonchev–Trinajstić information content (AvgIpc) is 3.29. The first-order valence-corrected chi connectivity index (χ1v) is 9.54. The maximum absolute atomic E-state index is 6.54. The van der Waals surface area contributed by atoms with Crippen LogP contribution < -0.4 is 0 Å². The van der Waals surface area contributed by atoms with Crippen molar-refractivity contribution in [2.24, 2.45) is 0 Å². The summed E-state index contributed by atoms with van der Waals surface area (Å²) < 4.78 is 6.54. The molecule has 28 heavy (non-hydrogen) atoms. The highest BCUT2D eigenvalue weighted by Crippen LogP contribution is 2.40. The number of furan rings is 1. The summed E-state index contributed by atoms with van der Waals surface area (Å²) in [5.41, 5.74) is 4.19. The van der Waals surface area contributed by atoms with E-state index in [0.717, 1.165) is 27.6 Å². The zero-order valence-electron chi connectivity index (χ0n) is 15.0. The van der Waals surface area contributed by atoms with Crippen molar-refractivity contribution < 1.29 is 4.42 Å². The van der Waals surface area contributed by atoms with E-state index < -0.39 is 0 Å². The predicted molar refractivity (Wildman–Crippen MR) is 118 cm³/mol. The Morgan fingerprint density at radius 1 is 0.500 bits per heavy atom. The van der Waals surface area contributed by atoms with Gasteiger partial charge in [0.25, 0.3) is 0 Å². The van der Waals surface area contributed by atoms with Gasteiger partial charge in [0.1, 0.15) is 11.2 Å². The van der Waals surface area contributed by atoms with Gasteiger partial charge in [0.15, 0.2) is 0 Å². The van der Waals surface area contributed by atoms with Crippen molar-refractivity contribution >= 4 is 65.3 Å². The number of aromatic amines is 1. The van der Waals surface area contributed by atoms with Crippen molar-refractivity contribution in [1.82, 2.24) is 4.98 Å². The number of aromatic nitrogens is 1. The average molecular weight is 357 g/mol. The van der Waals surface area contributed by atoms with E-state index in [2.05, 4.69) is 89.9 Å². The number of H-pyrrole nitrogens is 1. The Bertz CT molecular complexity index is 1720. The molecule has 0 spiro atoms. The van der Waals surface area contributed by atoms with Crippen molar-refractivity contribution in [2.75, 3.05) is 0 Å². The summed E-state index contributed by atoms with van der Waals surface area (Å²) in [7, 11) is 0. The fraction of sp³-hybridized carbons (Fsp3) is 0. The van der Waals surface area contributed by atoms with Gasteiger partial charge < -0.3 is 9.40 Å². The van der Waals surface area contributed by atoms with Crippen LogP contribution in [-0.2, 0) is 0 Å². The molecule has 0 unspecified atom stereocenters. The molecule has 0 atom stereocenters. The van der Waals surface area contributed by atoms with E-state index in [1.54, 1.807) is 0 Å². The molecular weight excluding hydrogens is 342 g/mol.